The first-order valence-corrected chi connectivity index (χ1v) is 1.97. The van der Waals surface area contributed by atoms with Gasteiger partial charge in [-0.2, -0.15) is 0 Å². The zero-order chi connectivity index (χ0) is 4.99. The average molecular weight is 147 g/mol. The molecule has 0 saturated carbocycles. The topological polar surface area (TPSA) is 40.1 Å². The fourth-order valence-electron chi connectivity index (χ4n) is 0.204. The molecular weight excluding hydrogens is 140 g/mol. The Balaban J connectivity index is -0.000000125. The van der Waals surface area contributed by atoms with Crippen molar-refractivity contribution in [1.82, 2.24) is 0 Å². The number of hydrogen-bond acceptors (Lipinski definition) is 2. The van der Waals surface area contributed by atoms with Crippen LogP contribution in [0, 0.1) is 0 Å². The first kappa shape index (κ1) is 15.8. The molecule has 0 aliphatic carbocycles. The van der Waals surface area contributed by atoms with Crippen molar-refractivity contribution in [3.05, 3.63) is 0 Å². The molecule has 0 aromatic carbocycles. The summed E-state index contributed by atoms with van der Waals surface area (Å²) in [7, 11) is 0. The third-order valence-electron chi connectivity index (χ3n) is 0.454. The first-order valence-electron chi connectivity index (χ1n) is 1.97. The number of hydrogen-bond donors (Lipinski definition) is 0. The van der Waals surface area contributed by atoms with E-state index in [2.05, 4.69) is 0 Å². The largest absolute Gasteiger partial charge is 2.00 e. The summed E-state index contributed by atoms with van der Waals surface area (Å²) in [6.45, 7) is 1.80. The molecule has 0 amide bonds. The smallest absolute Gasteiger partial charge is 1.00 e. The van der Waals surface area contributed by atoms with Gasteiger partial charge in [0.2, 0.25) is 0 Å². The maximum absolute atomic E-state index is 9.49. The summed E-state index contributed by atoms with van der Waals surface area (Å²) in [5.41, 5.74) is 0. The molecule has 0 bridgehead atoms. The molecule has 0 rings (SSSR count). The van der Waals surface area contributed by atoms with Crippen LogP contribution in [-0.4, -0.2) is 29.0 Å². The van der Waals surface area contributed by atoms with E-state index in [1.807, 2.05) is 0 Å². The van der Waals surface area contributed by atoms with Gasteiger partial charge in [0, 0.05) is 5.97 Å². The summed E-state index contributed by atoms with van der Waals surface area (Å²) in [5, 5.41) is 9.49. The van der Waals surface area contributed by atoms with Gasteiger partial charge < -0.3 is 22.3 Å². The summed E-state index contributed by atoms with van der Waals surface area (Å²) >= 11 is 0. The summed E-state index contributed by atoms with van der Waals surface area (Å²) in [6, 6.07) is 0. The molecule has 8 heavy (non-hydrogen) atoms. The van der Waals surface area contributed by atoms with Crippen molar-refractivity contribution in [2.75, 3.05) is 0 Å². The Labute approximate surface area is 71.2 Å². The van der Waals surface area contributed by atoms with Crippen molar-refractivity contribution in [1.29, 1.82) is 0 Å². The molecule has 0 aliphatic heterocycles. The number of rotatable bonds is 2. The van der Waals surface area contributed by atoms with Crippen LogP contribution >= 0.6 is 0 Å². The van der Waals surface area contributed by atoms with Crippen molar-refractivity contribution in [3.63, 3.8) is 0 Å². The monoisotopic (exact) mass is 146 g/mol. The molecule has 0 aliphatic rings. The number of carbonyl (C=O) groups is 1. The van der Waals surface area contributed by atoms with Crippen molar-refractivity contribution in [2.24, 2.45) is 0 Å². The zero-order valence-electron chi connectivity index (χ0n) is 4.82. The van der Waals surface area contributed by atoms with E-state index in [0.717, 1.165) is 0 Å². The molecule has 0 N–H and O–H groups in total. The Morgan fingerprint density at radius 1 is 1.62 bits per heavy atom. The number of carboxylic acid groups (broad SMARTS) is 1. The van der Waals surface area contributed by atoms with E-state index in [4.69, 9.17) is 0 Å². The van der Waals surface area contributed by atoms with Gasteiger partial charge in [-0.15, -0.1) is 0 Å². The van der Waals surface area contributed by atoms with Crippen molar-refractivity contribution in [2.45, 2.75) is 19.8 Å². The minimum Gasteiger partial charge on any atom is -1.00 e. The van der Waals surface area contributed by atoms with Gasteiger partial charge in [-0.3, -0.25) is 0 Å². The van der Waals surface area contributed by atoms with Crippen LogP contribution in [0.25, 0.3) is 0 Å². The fourth-order valence-corrected chi connectivity index (χ4v) is 0.204. The maximum atomic E-state index is 9.49. The van der Waals surface area contributed by atoms with Crippen molar-refractivity contribution in [3.8, 4) is 0 Å². The van der Waals surface area contributed by atoms with Crippen LogP contribution in [0.5, 0.6) is 0 Å². The molecule has 44 valence electrons. The van der Waals surface area contributed by atoms with Crippen molar-refractivity contribution >= 4 is 29.0 Å². The van der Waals surface area contributed by atoms with E-state index in [0.29, 0.717) is 6.42 Å². The van der Waals surface area contributed by atoms with Crippen LogP contribution in [0.15, 0.2) is 0 Å². The molecule has 0 unspecified atom stereocenters. The van der Waals surface area contributed by atoms with E-state index in [-0.39, 0.29) is 41.9 Å². The molecule has 2 nitrogen and oxygen atoms in total. The SMILES string of the molecule is CCCC(=O)[O-].[Cl-].[Mg+2]. The molecule has 0 aromatic heterocycles. The molecule has 0 heterocycles. The second-order valence-electron chi connectivity index (χ2n) is 1.12. The van der Waals surface area contributed by atoms with Gasteiger partial charge in [0.25, 0.3) is 0 Å². The summed E-state index contributed by atoms with van der Waals surface area (Å²) in [4.78, 5) is 9.49. The Morgan fingerprint density at radius 3 is 2.00 bits per heavy atom. The molecular formula is C4H7ClMgO2. The molecule has 0 fully saturated rings. The van der Waals surface area contributed by atoms with Gasteiger partial charge in [-0.25, -0.2) is 0 Å². The third-order valence-corrected chi connectivity index (χ3v) is 0.454. The number of aliphatic carboxylic acids is 1. The minimum atomic E-state index is -0.961. The van der Waals surface area contributed by atoms with Gasteiger partial charge in [0.05, 0.1) is 0 Å². The predicted molar refractivity (Wildman–Crippen MR) is 25.7 cm³/mol. The number of carboxylic acids is 1. The summed E-state index contributed by atoms with van der Waals surface area (Å²) < 4.78 is 0. The van der Waals surface area contributed by atoms with Crippen LogP contribution in [-0.2, 0) is 4.79 Å². The second-order valence-corrected chi connectivity index (χ2v) is 1.12. The van der Waals surface area contributed by atoms with E-state index in [1.165, 1.54) is 0 Å². The molecule has 0 spiro atoms. The van der Waals surface area contributed by atoms with Gasteiger partial charge in [0.15, 0.2) is 0 Å². The van der Waals surface area contributed by atoms with Crippen LogP contribution in [0.4, 0.5) is 0 Å². The average Bonchev–Trinajstić information content (AvgIpc) is 1.35. The van der Waals surface area contributed by atoms with E-state index >= 15 is 0 Å². The molecule has 0 aromatic rings. The fraction of sp³-hybridized carbons (Fsp3) is 0.750. The Hall–Kier alpha value is 0.526. The quantitative estimate of drug-likeness (QED) is 0.375. The van der Waals surface area contributed by atoms with Gasteiger partial charge >= 0.3 is 23.1 Å². The van der Waals surface area contributed by atoms with Crippen LogP contribution in [0.1, 0.15) is 19.8 Å². The molecule has 0 saturated heterocycles. The number of halogens is 1. The predicted octanol–water partition coefficient (Wildman–Crippen LogP) is -3.84. The van der Waals surface area contributed by atoms with Crippen LogP contribution in [0.2, 0.25) is 0 Å². The minimum absolute atomic E-state index is 0. The maximum Gasteiger partial charge on any atom is 2.00 e. The van der Waals surface area contributed by atoms with Gasteiger partial charge in [-0.1, -0.05) is 13.3 Å². The van der Waals surface area contributed by atoms with Gasteiger partial charge in [-0.05, 0) is 6.42 Å². The summed E-state index contributed by atoms with van der Waals surface area (Å²) in [6.07, 6.45) is 0.850. The number of carbonyl (C=O) groups excluding carboxylic acids is 1. The van der Waals surface area contributed by atoms with Crippen LogP contribution < -0.4 is 17.5 Å². The standard InChI is InChI=1S/C4H8O2.ClH.Mg/c1-2-3-4(5)6;;/h2-3H2,1H3,(H,5,6);1H;/q;;+2/p-2. The molecule has 0 atom stereocenters. The first-order chi connectivity index (χ1) is 2.77. The Morgan fingerprint density at radius 2 is 2.00 bits per heavy atom. The third kappa shape index (κ3) is 16.0. The van der Waals surface area contributed by atoms with Crippen molar-refractivity contribution < 1.29 is 22.3 Å². The van der Waals surface area contributed by atoms with Gasteiger partial charge in [0.1, 0.15) is 0 Å². The molecule has 0 radical (unpaired) electrons. The Bertz CT molecular complexity index is 58.0. The second kappa shape index (κ2) is 10.5. The summed E-state index contributed by atoms with van der Waals surface area (Å²) in [5.74, 6) is -0.961. The van der Waals surface area contributed by atoms with E-state index in [9.17, 15) is 9.90 Å². The zero-order valence-corrected chi connectivity index (χ0v) is 6.99. The Kier molecular flexibility index (Phi) is 20.7. The van der Waals surface area contributed by atoms with Crippen LogP contribution in [0.3, 0.4) is 0 Å². The van der Waals surface area contributed by atoms with E-state index < -0.39 is 5.97 Å². The molecule has 4 heteroatoms. The normalized spacial score (nSPS) is 6.12. The van der Waals surface area contributed by atoms with E-state index in [1.54, 1.807) is 6.92 Å².